The number of ketones is 1. The Hall–Kier alpha value is -4.13. The summed E-state index contributed by atoms with van der Waals surface area (Å²) < 4.78 is 5.71. The van der Waals surface area contributed by atoms with Gasteiger partial charge in [-0.25, -0.2) is 0 Å². The van der Waals surface area contributed by atoms with Crippen molar-refractivity contribution < 1.29 is 24.5 Å². The van der Waals surface area contributed by atoms with Gasteiger partial charge in [-0.05, 0) is 68.3 Å². The molecule has 1 aromatic heterocycles. The quantitative estimate of drug-likeness (QED) is 0.341. The number of ether oxygens (including phenoxy) is 1. The molecule has 3 aromatic rings. The Bertz CT molecular complexity index is 1250. The predicted octanol–water partition coefficient (Wildman–Crippen LogP) is 4.51. The molecule has 0 radical (unpaired) electrons. The molecule has 2 aromatic carbocycles. The van der Waals surface area contributed by atoms with E-state index in [1.807, 2.05) is 20.8 Å². The number of hydrogen-bond acceptors (Lipinski definition) is 6. The van der Waals surface area contributed by atoms with Gasteiger partial charge in [0.15, 0.2) is 0 Å². The van der Waals surface area contributed by atoms with Crippen molar-refractivity contribution in [3.63, 3.8) is 0 Å². The minimum atomic E-state index is -0.949. The zero-order valence-corrected chi connectivity index (χ0v) is 18.5. The number of amides is 1. The monoisotopic (exact) mass is 444 g/mol. The van der Waals surface area contributed by atoms with Gasteiger partial charge >= 0.3 is 0 Å². The molecule has 1 unspecified atom stereocenters. The highest BCUT2D eigenvalue weighted by Crippen LogP contribution is 2.45. The van der Waals surface area contributed by atoms with Gasteiger partial charge in [0.25, 0.3) is 11.7 Å². The number of hydrogen-bond donors (Lipinski definition) is 2. The van der Waals surface area contributed by atoms with Crippen molar-refractivity contribution in [2.24, 2.45) is 0 Å². The first-order valence-corrected chi connectivity index (χ1v) is 10.6. The van der Waals surface area contributed by atoms with Gasteiger partial charge in [0, 0.05) is 18.0 Å². The molecule has 1 atom stereocenters. The van der Waals surface area contributed by atoms with Crippen molar-refractivity contribution >= 4 is 23.1 Å². The Morgan fingerprint density at radius 1 is 1.06 bits per heavy atom. The number of aliphatic hydroxyl groups excluding tert-OH is 1. The molecule has 7 nitrogen and oxygen atoms in total. The molecule has 0 aliphatic carbocycles. The normalized spacial score (nSPS) is 17.6. The molecule has 168 valence electrons. The number of phenols is 1. The third kappa shape index (κ3) is 4.17. The minimum Gasteiger partial charge on any atom is -0.507 e. The van der Waals surface area contributed by atoms with Gasteiger partial charge in [-0.1, -0.05) is 18.2 Å². The molecule has 1 saturated heterocycles. The molecule has 1 aliphatic heterocycles. The van der Waals surface area contributed by atoms with Crippen LogP contribution < -0.4 is 9.64 Å². The fraction of sp³-hybridized carbons (Fsp3) is 0.192. The molecule has 33 heavy (non-hydrogen) atoms. The number of aryl methyl sites for hydroxylation is 1. The molecular formula is C26H24N2O5. The van der Waals surface area contributed by atoms with E-state index in [-0.39, 0.29) is 28.9 Å². The van der Waals surface area contributed by atoms with E-state index in [1.54, 1.807) is 60.9 Å². The number of phenolic OH excluding ortho intramolecular Hbond substituents is 1. The maximum Gasteiger partial charge on any atom is 0.300 e. The standard InChI is InChI=1S/C26H24N2O5/c1-15(2)33-19-6-4-5-18(14-19)24(30)22-23(17-9-11-27-12-10-17)28(26(32)25(22)31)20-13-16(3)7-8-21(20)29/h4-15,23,29-30H,1-3H3/b24-22+. The van der Waals surface area contributed by atoms with E-state index in [0.717, 1.165) is 5.56 Å². The van der Waals surface area contributed by atoms with Crippen LogP contribution in [0.15, 0.2) is 72.6 Å². The average Bonchev–Trinajstić information content (AvgIpc) is 3.06. The summed E-state index contributed by atoms with van der Waals surface area (Å²) in [6, 6.07) is 13.9. The first kappa shape index (κ1) is 22.1. The number of benzene rings is 2. The lowest BCUT2D eigenvalue weighted by Crippen LogP contribution is -2.29. The SMILES string of the molecule is Cc1ccc(O)c(N2C(=O)C(=O)/C(=C(/O)c3cccc(OC(C)C)c3)C2c2ccncc2)c1. The Kier molecular flexibility index (Phi) is 5.87. The summed E-state index contributed by atoms with van der Waals surface area (Å²) in [5, 5.41) is 21.7. The van der Waals surface area contributed by atoms with Crippen LogP contribution in [0.4, 0.5) is 5.69 Å². The van der Waals surface area contributed by atoms with Crippen molar-refractivity contribution in [3.8, 4) is 11.5 Å². The lowest BCUT2D eigenvalue weighted by atomic mass is 9.95. The first-order chi connectivity index (χ1) is 15.8. The summed E-state index contributed by atoms with van der Waals surface area (Å²) >= 11 is 0. The predicted molar refractivity (Wildman–Crippen MR) is 124 cm³/mol. The van der Waals surface area contributed by atoms with Crippen LogP contribution in [0.3, 0.4) is 0 Å². The van der Waals surface area contributed by atoms with E-state index in [2.05, 4.69) is 4.98 Å². The Morgan fingerprint density at radius 2 is 1.79 bits per heavy atom. The second-order valence-corrected chi connectivity index (χ2v) is 8.14. The summed E-state index contributed by atoms with van der Waals surface area (Å²) in [5.41, 5.74) is 1.83. The van der Waals surface area contributed by atoms with Crippen LogP contribution in [0.1, 0.15) is 36.6 Å². The fourth-order valence-corrected chi connectivity index (χ4v) is 3.91. The third-order valence-corrected chi connectivity index (χ3v) is 5.34. The van der Waals surface area contributed by atoms with E-state index in [9.17, 15) is 19.8 Å². The molecule has 2 heterocycles. The number of aromatic nitrogens is 1. The Balaban J connectivity index is 1.93. The van der Waals surface area contributed by atoms with E-state index in [0.29, 0.717) is 16.9 Å². The summed E-state index contributed by atoms with van der Waals surface area (Å²) in [7, 11) is 0. The van der Waals surface area contributed by atoms with Crippen molar-refractivity contribution in [1.29, 1.82) is 0 Å². The molecule has 1 aliphatic rings. The van der Waals surface area contributed by atoms with Crippen LogP contribution in [-0.4, -0.2) is 33.0 Å². The number of carbonyl (C=O) groups is 2. The highest BCUT2D eigenvalue weighted by Gasteiger charge is 2.47. The second-order valence-electron chi connectivity index (χ2n) is 8.14. The van der Waals surface area contributed by atoms with Gasteiger partial charge in [-0.15, -0.1) is 0 Å². The summed E-state index contributed by atoms with van der Waals surface area (Å²) in [6.45, 7) is 5.59. The van der Waals surface area contributed by atoms with Gasteiger partial charge in [0.2, 0.25) is 0 Å². The Labute approximate surface area is 191 Å². The summed E-state index contributed by atoms with van der Waals surface area (Å²) in [5.74, 6) is -1.62. The van der Waals surface area contributed by atoms with Crippen LogP contribution in [0.5, 0.6) is 11.5 Å². The number of pyridine rings is 1. The largest absolute Gasteiger partial charge is 0.507 e. The van der Waals surface area contributed by atoms with E-state index in [1.165, 1.54) is 11.0 Å². The zero-order chi connectivity index (χ0) is 23.7. The lowest BCUT2D eigenvalue weighted by molar-refractivity contribution is -0.132. The van der Waals surface area contributed by atoms with Crippen molar-refractivity contribution in [1.82, 2.24) is 4.98 Å². The van der Waals surface area contributed by atoms with Crippen LogP contribution in [0, 0.1) is 6.92 Å². The van der Waals surface area contributed by atoms with Crippen molar-refractivity contribution in [2.45, 2.75) is 32.9 Å². The van der Waals surface area contributed by atoms with E-state index < -0.39 is 17.7 Å². The molecule has 4 rings (SSSR count). The molecule has 1 amide bonds. The third-order valence-electron chi connectivity index (χ3n) is 5.34. The molecule has 7 heteroatoms. The second kappa shape index (κ2) is 8.78. The van der Waals surface area contributed by atoms with Crippen molar-refractivity contribution in [2.75, 3.05) is 4.90 Å². The summed E-state index contributed by atoms with van der Waals surface area (Å²) in [4.78, 5) is 31.6. The highest BCUT2D eigenvalue weighted by molar-refractivity contribution is 6.51. The fourth-order valence-electron chi connectivity index (χ4n) is 3.91. The van der Waals surface area contributed by atoms with Crippen LogP contribution in [-0.2, 0) is 9.59 Å². The zero-order valence-electron chi connectivity index (χ0n) is 18.5. The number of Topliss-reactive ketones (excluding diaryl/α,β-unsaturated/α-hetero) is 1. The van der Waals surface area contributed by atoms with Gasteiger partial charge < -0.3 is 14.9 Å². The minimum absolute atomic E-state index is 0.0749. The number of aliphatic hydroxyl groups is 1. The number of anilines is 1. The van der Waals surface area contributed by atoms with Gasteiger partial charge in [0.1, 0.15) is 17.3 Å². The molecule has 0 saturated carbocycles. The molecule has 2 N–H and O–H groups in total. The molecule has 1 fully saturated rings. The van der Waals surface area contributed by atoms with Crippen molar-refractivity contribution in [3.05, 3.63) is 89.3 Å². The van der Waals surface area contributed by atoms with E-state index >= 15 is 0 Å². The highest BCUT2D eigenvalue weighted by atomic mass is 16.5. The van der Waals surface area contributed by atoms with Gasteiger partial charge in [-0.3, -0.25) is 19.5 Å². The maximum absolute atomic E-state index is 13.2. The smallest absolute Gasteiger partial charge is 0.300 e. The lowest BCUT2D eigenvalue weighted by Gasteiger charge is -2.26. The number of aromatic hydroxyl groups is 1. The Morgan fingerprint density at radius 3 is 2.48 bits per heavy atom. The molecule has 0 bridgehead atoms. The molecule has 0 spiro atoms. The maximum atomic E-state index is 13.2. The van der Waals surface area contributed by atoms with Crippen LogP contribution in [0.25, 0.3) is 5.76 Å². The van der Waals surface area contributed by atoms with Crippen LogP contribution >= 0.6 is 0 Å². The van der Waals surface area contributed by atoms with E-state index in [4.69, 9.17) is 4.74 Å². The number of carbonyl (C=O) groups excluding carboxylic acids is 2. The number of nitrogens with zero attached hydrogens (tertiary/aromatic N) is 2. The topological polar surface area (TPSA) is 100.0 Å². The first-order valence-electron chi connectivity index (χ1n) is 10.6. The van der Waals surface area contributed by atoms with Gasteiger partial charge in [-0.2, -0.15) is 0 Å². The van der Waals surface area contributed by atoms with Crippen LogP contribution in [0.2, 0.25) is 0 Å². The summed E-state index contributed by atoms with van der Waals surface area (Å²) in [6.07, 6.45) is 3.01. The number of rotatable bonds is 5. The average molecular weight is 444 g/mol. The van der Waals surface area contributed by atoms with Gasteiger partial charge in [0.05, 0.1) is 23.4 Å². The molecular weight excluding hydrogens is 420 g/mol.